The van der Waals surface area contributed by atoms with Crippen LogP contribution in [0.15, 0.2) is 36.4 Å². The van der Waals surface area contributed by atoms with Crippen molar-refractivity contribution in [2.75, 3.05) is 13.1 Å². The van der Waals surface area contributed by atoms with Crippen molar-refractivity contribution in [2.45, 2.75) is 38.7 Å². The average Bonchev–Trinajstić information content (AvgIpc) is 3.17. The fourth-order valence-electron chi connectivity index (χ4n) is 4.53. The zero-order chi connectivity index (χ0) is 23.3. The predicted molar refractivity (Wildman–Crippen MR) is 131 cm³/mol. The zero-order valence-electron chi connectivity index (χ0n) is 18.3. The third kappa shape index (κ3) is 4.10. The van der Waals surface area contributed by atoms with Crippen LogP contribution in [0.3, 0.4) is 0 Å². The van der Waals surface area contributed by atoms with Gasteiger partial charge in [0.15, 0.2) is 5.69 Å². The van der Waals surface area contributed by atoms with Crippen LogP contribution < -0.4 is 10.2 Å². The number of ether oxygens (including phenoxy) is 1. The molecule has 3 aromatic rings. The molecular weight excluding hydrogens is 483 g/mol. The first kappa shape index (κ1) is 22.5. The van der Waals surface area contributed by atoms with Crippen LogP contribution in [-0.2, 0) is 5.60 Å². The zero-order valence-corrected chi connectivity index (χ0v) is 20.6. The Kier molecular flexibility index (Phi) is 5.81. The van der Waals surface area contributed by atoms with E-state index in [1.165, 1.54) is 6.42 Å². The number of carbonyl (C=O) groups excluding carboxylic acids is 1. The highest BCUT2D eigenvalue weighted by atomic mass is 35.5. The molecule has 1 N–H and O–H groups in total. The maximum Gasteiger partial charge on any atom is 0.286 e. The van der Waals surface area contributed by atoms with Gasteiger partial charge in [0.2, 0.25) is 0 Å². The first-order chi connectivity index (χ1) is 15.7. The summed E-state index contributed by atoms with van der Waals surface area (Å²) < 4.78 is 8.01. The van der Waals surface area contributed by atoms with Crippen LogP contribution in [0.25, 0.3) is 16.9 Å². The number of halogens is 3. The lowest BCUT2D eigenvalue weighted by Gasteiger charge is -2.34. The molecule has 5 rings (SSSR count). The van der Waals surface area contributed by atoms with Crippen molar-refractivity contribution in [1.82, 2.24) is 20.2 Å². The third-order valence-electron chi connectivity index (χ3n) is 6.02. The molecule has 2 aromatic carbocycles. The quantitative estimate of drug-likeness (QED) is 0.456. The summed E-state index contributed by atoms with van der Waals surface area (Å²) in [6.45, 7) is 5.49. The van der Waals surface area contributed by atoms with Gasteiger partial charge in [-0.05, 0) is 63.1 Å². The van der Waals surface area contributed by atoms with E-state index in [-0.39, 0.29) is 11.6 Å². The molecule has 6 nitrogen and oxygen atoms in total. The number of carbonyl (C=O) groups is 1. The Morgan fingerprint density at radius 2 is 1.73 bits per heavy atom. The van der Waals surface area contributed by atoms with Gasteiger partial charge in [-0.1, -0.05) is 41.2 Å². The van der Waals surface area contributed by atoms with Gasteiger partial charge in [0, 0.05) is 28.7 Å². The Hall–Kier alpha value is -2.25. The second kappa shape index (κ2) is 8.51. The van der Waals surface area contributed by atoms with Gasteiger partial charge in [0.25, 0.3) is 5.91 Å². The number of hydrazine groups is 1. The topological polar surface area (TPSA) is 59.4 Å². The molecule has 1 fully saturated rings. The first-order valence-corrected chi connectivity index (χ1v) is 12.0. The lowest BCUT2D eigenvalue weighted by atomic mass is 9.89. The van der Waals surface area contributed by atoms with Gasteiger partial charge in [-0.25, -0.2) is 9.69 Å². The van der Waals surface area contributed by atoms with E-state index in [0.717, 1.165) is 37.2 Å². The summed E-state index contributed by atoms with van der Waals surface area (Å²) in [4.78, 5) is 13.5. The Labute approximate surface area is 207 Å². The lowest BCUT2D eigenvalue weighted by Crippen LogP contribution is -2.46. The number of fused-ring (bicyclic) bond motifs is 3. The number of hydrogen-bond donors (Lipinski definition) is 1. The van der Waals surface area contributed by atoms with Crippen LogP contribution in [0, 0.1) is 0 Å². The summed E-state index contributed by atoms with van der Waals surface area (Å²) in [5.41, 5.74) is 5.25. The molecule has 9 heteroatoms. The number of amides is 1. The van der Waals surface area contributed by atoms with E-state index in [0.29, 0.717) is 32.1 Å². The first-order valence-electron chi connectivity index (χ1n) is 10.9. The summed E-state index contributed by atoms with van der Waals surface area (Å²) in [5.74, 6) is 0.380. The second-order valence-electron chi connectivity index (χ2n) is 8.82. The Morgan fingerprint density at radius 3 is 2.45 bits per heavy atom. The molecule has 0 spiro atoms. The van der Waals surface area contributed by atoms with E-state index < -0.39 is 5.60 Å². The van der Waals surface area contributed by atoms with Gasteiger partial charge in [0.05, 0.1) is 22.0 Å². The smallest absolute Gasteiger partial charge is 0.286 e. The van der Waals surface area contributed by atoms with Crippen LogP contribution in [0.1, 0.15) is 49.2 Å². The molecule has 172 valence electrons. The normalized spacial score (nSPS) is 17.1. The molecule has 1 saturated heterocycles. The molecule has 1 aromatic heterocycles. The summed E-state index contributed by atoms with van der Waals surface area (Å²) in [7, 11) is 0. The number of nitrogens with zero attached hydrogens (tertiary/aromatic N) is 3. The second-order valence-corrected chi connectivity index (χ2v) is 10.1. The van der Waals surface area contributed by atoms with Crippen molar-refractivity contribution in [3.63, 3.8) is 0 Å². The molecule has 2 aliphatic heterocycles. The van der Waals surface area contributed by atoms with Crippen molar-refractivity contribution in [2.24, 2.45) is 0 Å². The summed E-state index contributed by atoms with van der Waals surface area (Å²) in [5, 5.41) is 8.21. The van der Waals surface area contributed by atoms with E-state index in [2.05, 4.69) is 5.43 Å². The average molecular weight is 506 g/mol. The molecule has 0 unspecified atom stereocenters. The van der Waals surface area contributed by atoms with Crippen LogP contribution in [-0.4, -0.2) is 33.8 Å². The van der Waals surface area contributed by atoms with Gasteiger partial charge in [-0.2, -0.15) is 5.10 Å². The molecule has 2 aliphatic rings. The van der Waals surface area contributed by atoms with Crippen LogP contribution in [0.4, 0.5) is 0 Å². The third-order valence-corrected chi connectivity index (χ3v) is 6.79. The van der Waals surface area contributed by atoms with E-state index in [1.807, 2.05) is 31.0 Å². The highest BCUT2D eigenvalue weighted by Crippen LogP contribution is 2.48. The molecule has 0 aliphatic carbocycles. The molecule has 1 amide bonds. The number of hydrogen-bond acceptors (Lipinski definition) is 4. The largest absolute Gasteiger partial charge is 0.482 e. The van der Waals surface area contributed by atoms with Gasteiger partial charge in [-0.15, -0.1) is 0 Å². The highest BCUT2D eigenvalue weighted by Gasteiger charge is 2.41. The molecule has 0 saturated carbocycles. The molecular formula is C24H23Cl3N4O2. The highest BCUT2D eigenvalue weighted by molar-refractivity contribution is 6.35. The molecule has 0 radical (unpaired) electrons. The van der Waals surface area contributed by atoms with Gasteiger partial charge < -0.3 is 4.74 Å². The minimum Gasteiger partial charge on any atom is -0.482 e. The number of aromatic nitrogens is 2. The maximum absolute atomic E-state index is 13.5. The van der Waals surface area contributed by atoms with Crippen molar-refractivity contribution in [3.05, 3.63) is 62.7 Å². The van der Waals surface area contributed by atoms with Crippen molar-refractivity contribution < 1.29 is 9.53 Å². The summed E-state index contributed by atoms with van der Waals surface area (Å²) in [6.07, 6.45) is 3.27. The van der Waals surface area contributed by atoms with Crippen molar-refractivity contribution in [1.29, 1.82) is 0 Å². The van der Waals surface area contributed by atoms with Crippen LogP contribution in [0.5, 0.6) is 5.75 Å². The predicted octanol–water partition coefficient (Wildman–Crippen LogP) is 6.26. The van der Waals surface area contributed by atoms with E-state index in [1.54, 1.807) is 28.9 Å². The molecule has 0 atom stereocenters. The van der Waals surface area contributed by atoms with Crippen LogP contribution >= 0.6 is 34.8 Å². The monoisotopic (exact) mass is 504 g/mol. The van der Waals surface area contributed by atoms with Gasteiger partial charge in [0.1, 0.15) is 11.4 Å². The summed E-state index contributed by atoms with van der Waals surface area (Å²) in [6, 6.07) is 10.6. The Bertz CT molecular complexity index is 1250. The maximum atomic E-state index is 13.5. The van der Waals surface area contributed by atoms with E-state index in [4.69, 9.17) is 44.6 Å². The molecule has 0 bridgehead atoms. The molecule has 33 heavy (non-hydrogen) atoms. The van der Waals surface area contributed by atoms with Gasteiger partial charge >= 0.3 is 0 Å². The Morgan fingerprint density at radius 1 is 1.03 bits per heavy atom. The van der Waals surface area contributed by atoms with Crippen molar-refractivity contribution >= 4 is 40.7 Å². The van der Waals surface area contributed by atoms with Gasteiger partial charge in [-0.3, -0.25) is 10.2 Å². The van der Waals surface area contributed by atoms with Crippen LogP contribution in [0.2, 0.25) is 15.1 Å². The number of piperidine rings is 1. The number of nitrogens with one attached hydrogen (secondary N) is 1. The van der Waals surface area contributed by atoms with E-state index in [9.17, 15) is 4.79 Å². The standard InChI is InChI=1S/C24H23Cl3N4O2/c1-24(2)20-21(23(32)29-30-10-4-3-5-11-30)28-31(18-8-6-15(26)13-17(18)27)22(20)16-12-14(25)7-9-19(16)33-24/h6-9,12-13H,3-5,10-11H2,1-2H3,(H,29,32). The number of rotatable bonds is 3. The summed E-state index contributed by atoms with van der Waals surface area (Å²) >= 11 is 19.1. The minimum absolute atomic E-state index is 0.279. The van der Waals surface area contributed by atoms with E-state index >= 15 is 0 Å². The fourth-order valence-corrected chi connectivity index (χ4v) is 5.19. The molecule has 3 heterocycles. The SMILES string of the molecule is CC1(C)Oc2ccc(Cl)cc2-c2c1c(C(=O)NN1CCCCC1)nn2-c1ccc(Cl)cc1Cl. The number of benzene rings is 2. The van der Waals surface area contributed by atoms with Crippen molar-refractivity contribution in [3.8, 4) is 22.7 Å². The fraction of sp³-hybridized carbons (Fsp3) is 0.333. The Balaban J connectivity index is 1.73. The lowest BCUT2D eigenvalue weighted by molar-refractivity contribution is 0.0720. The minimum atomic E-state index is -0.818.